The standard InChI is InChI=1S/C5O6/c6-1-5(2(7)10-1)3(8)11-4(5)9/p+1. The Morgan fingerprint density at radius 2 is 1.45 bits per heavy atom. The molecule has 0 aromatic carbocycles. The van der Waals surface area contributed by atoms with Gasteiger partial charge in [-0.05, 0) is 0 Å². The Hall–Kier alpha value is -1.72. The Morgan fingerprint density at radius 3 is 1.64 bits per heavy atom. The number of ether oxygens (including phenoxy) is 2. The minimum absolute atomic E-state index is 0.885. The number of cyclic esters (lactones) is 4. The summed E-state index contributed by atoms with van der Waals surface area (Å²) in [5.74, 6) is -4.10. The van der Waals surface area contributed by atoms with E-state index >= 15 is 0 Å². The van der Waals surface area contributed by atoms with Crippen molar-refractivity contribution >= 4 is 23.9 Å². The van der Waals surface area contributed by atoms with Crippen LogP contribution in [0.3, 0.4) is 0 Å². The summed E-state index contributed by atoms with van der Waals surface area (Å²) in [4.78, 5) is 40.3. The van der Waals surface area contributed by atoms with Crippen LogP contribution in [-0.4, -0.2) is 28.7 Å². The Balaban J connectivity index is 2.49. The Labute approximate surface area is 59.1 Å². The number of hydrogen-bond donors (Lipinski definition) is 0. The molecule has 2 heterocycles. The molecule has 0 atom stereocenters. The lowest BCUT2D eigenvalue weighted by atomic mass is 9.80. The van der Waals surface area contributed by atoms with Crippen molar-refractivity contribution in [3.63, 3.8) is 0 Å². The molecule has 0 saturated carbocycles. The van der Waals surface area contributed by atoms with E-state index < -0.39 is 29.3 Å². The number of hydrogen-bond acceptors (Lipinski definition) is 5. The van der Waals surface area contributed by atoms with Crippen molar-refractivity contribution in [3.05, 3.63) is 0 Å². The van der Waals surface area contributed by atoms with Crippen LogP contribution >= 0.6 is 0 Å². The van der Waals surface area contributed by atoms with E-state index in [9.17, 15) is 14.4 Å². The average Bonchev–Trinajstić information content (AvgIpc) is 1.86. The zero-order valence-electron chi connectivity index (χ0n) is 4.99. The van der Waals surface area contributed by atoms with Crippen molar-refractivity contribution < 1.29 is 28.7 Å². The van der Waals surface area contributed by atoms with Crippen molar-refractivity contribution in [1.82, 2.24) is 0 Å². The van der Waals surface area contributed by atoms with Gasteiger partial charge in [0.1, 0.15) is 0 Å². The van der Waals surface area contributed by atoms with Crippen LogP contribution in [0.15, 0.2) is 0 Å². The van der Waals surface area contributed by atoms with E-state index in [1.54, 1.807) is 0 Å². The average molecular weight is 157 g/mol. The molecular weight excluding hydrogens is 156 g/mol. The van der Waals surface area contributed by atoms with Crippen LogP contribution in [0, 0.1) is 5.41 Å². The van der Waals surface area contributed by atoms with Gasteiger partial charge in [0.2, 0.25) is 0 Å². The quantitative estimate of drug-likeness (QED) is 0.233. The third kappa shape index (κ3) is 0.356. The van der Waals surface area contributed by atoms with Gasteiger partial charge in [-0.25, -0.2) is 19.1 Å². The minimum atomic E-state index is -2.11. The summed E-state index contributed by atoms with van der Waals surface area (Å²) in [5, 5.41) is 0. The molecule has 2 aliphatic heterocycles. The molecule has 2 saturated heterocycles. The zero-order valence-corrected chi connectivity index (χ0v) is 4.99. The van der Waals surface area contributed by atoms with Gasteiger partial charge in [0.25, 0.3) is 0 Å². The number of rotatable bonds is 0. The number of carbonyl (C=O) groups is 3. The van der Waals surface area contributed by atoms with Crippen molar-refractivity contribution in [3.8, 4) is 0 Å². The van der Waals surface area contributed by atoms with Crippen LogP contribution in [0.25, 0.3) is 0 Å². The molecule has 2 rings (SSSR count). The van der Waals surface area contributed by atoms with Gasteiger partial charge in [-0.3, -0.25) is 0 Å². The van der Waals surface area contributed by atoms with E-state index in [2.05, 4.69) is 9.47 Å². The van der Waals surface area contributed by atoms with E-state index in [1.807, 2.05) is 0 Å². The highest BCUT2D eigenvalue weighted by atomic mass is 16.7. The summed E-state index contributed by atoms with van der Waals surface area (Å²) >= 11 is 0. The zero-order chi connectivity index (χ0) is 8.22. The monoisotopic (exact) mass is 157 g/mol. The summed E-state index contributed by atoms with van der Waals surface area (Å²) in [6.45, 7) is 0. The van der Waals surface area contributed by atoms with Gasteiger partial charge in [0, 0.05) is 0 Å². The second-order valence-corrected chi connectivity index (χ2v) is 2.12. The second-order valence-electron chi connectivity index (χ2n) is 2.12. The molecule has 0 amide bonds. The van der Waals surface area contributed by atoms with Gasteiger partial charge in [-0.15, -0.1) is 0 Å². The summed E-state index contributed by atoms with van der Waals surface area (Å²) in [6.07, 6.45) is 0. The van der Waals surface area contributed by atoms with E-state index in [0.29, 0.717) is 0 Å². The van der Waals surface area contributed by atoms with Crippen LogP contribution in [0.5, 0.6) is 0 Å². The van der Waals surface area contributed by atoms with Gasteiger partial charge in [0.05, 0.1) is 0 Å². The van der Waals surface area contributed by atoms with Crippen molar-refractivity contribution in [2.24, 2.45) is 5.41 Å². The van der Waals surface area contributed by atoms with E-state index in [-0.39, 0.29) is 0 Å². The van der Waals surface area contributed by atoms with Crippen molar-refractivity contribution in [2.75, 3.05) is 0 Å². The highest BCUT2D eigenvalue weighted by Gasteiger charge is 2.88. The maximum absolute atomic E-state index is 10.5. The van der Waals surface area contributed by atoms with Crippen LogP contribution < -0.4 is 0 Å². The molecule has 0 radical (unpaired) electrons. The van der Waals surface area contributed by atoms with Crippen LogP contribution in [0.2, 0.25) is 0 Å². The van der Waals surface area contributed by atoms with Crippen LogP contribution in [-0.2, 0) is 23.9 Å². The summed E-state index contributed by atoms with van der Waals surface area (Å²) in [6, 6.07) is 0. The van der Waals surface area contributed by atoms with Gasteiger partial charge >= 0.3 is 29.3 Å². The summed E-state index contributed by atoms with van der Waals surface area (Å²) < 4.78 is 7.83. The van der Waals surface area contributed by atoms with Gasteiger partial charge in [-0.2, -0.15) is 0 Å². The molecule has 0 unspecified atom stereocenters. The summed E-state index contributed by atoms with van der Waals surface area (Å²) in [7, 11) is 0. The molecule has 56 valence electrons. The molecule has 1 N–H and O–H groups in total. The first-order valence-corrected chi connectivity index (χ1v) is 2.65. The van der Waals surface area contributed by atoms with E-state index in [1.165, 1.54) is 0 Å². The molecular formula is C5HO6+. The van der Waals surface area contributed by atoms with Gasteiger partial charge in [-0.1, -0.05) is 0 Å². The first-order valence-electron chi connectivity index (χ1n) is 2.65. The smallest absolute Gasteiger partial charge is 0.389 e. The molecule has 0 aromatic heterocycles. The topological polar surface area (TPSA) is 91.1 Å². The molecule has 11 heavy (non-hydrogen) atoms. The fourth-order valence-corrected chi connectivity index (χ4v) is 0.897. The Kier molecular flexibility index (Phi) is 0.719. The fourth-order valence-electron chi connectivity index (χ4n) is 0.897. The number of carbonyl (C=O) groups excluding carboxylic acids is 4. The minimum Gasteiger partial charge on any atom is -0.389 e. The predicted molar refractivity (Wildman–Crippen MR) is 26.6 cm³/mol. The molecule has 1 spiro atoms. The molecule has 2 fully saturated rings. The predicted octanol–water partition coefficient (Wildman–Crippen LogP) is -1.88. The van der Waals surface area contributed by atoms with Crippen LogP contribution in [0.4, 0.5) is 0 Å². The largest absolute Gasteiger partial charge is 0.537 e. The molecule has 0 aromatic rings. The first-order chi connectivity index (χ1) is 5.10. The third-order valence-corrected chi connectivity index (χ3v) is 1.61. The molecule has 6 heteroatoms. The Bertz CT molecular complexity index is 249. The maximum atomic E-state index is 10.5. The molecule has 0 aliphatic carbocycles. The lowest BCUT2D eigenvalue weighted by molar-refractivity contribution is -0.203. The lowest BCUT2D eigenvalue weighted by Crippen LogP contribution is -2.71. The van der Waals surface area contributed by atoms with E-state index in [0.717, 1.165) is 0 Å². The fraction of sp³-hybridized carbons (Fsp3) is 0.200. The SMILES string of the molecule is O=C1OC(=O)C12C(=O)OC2=[OH+]. The Morgan fingerprint density at radius 1 is 1.00 bits per heavy atom. The maximum Gasteiger partial charge on any atom is 0.537 e. The molecule has 2 aliphatic rings. The molecule has 0 bridgehead atoms. The highest BCUT2D eigenvalue weighted by Crippen LogP contribution is 2.40. The normalized spacial score (nSPS) is 25.5. The highest BCUT2D eigenvalue weighted by molar-refractivity contribution is 6.46. The number of esters is 4. The van der Waals surface area contributed by atoms with Crippen molar-refractivity contribution in [1.29, 1.82) is 0 Å². The third-order valence-electron chi connectivity index (χ3n) is 1.61. The van der Waals surface area contributed by atoms with Gasteiger partial charge in [0.15, 0.2) is 0 Å². The van der Waals surface area contributed by atoms with E-state index in [4.69, 9.17) is 4.79 Å². The first kappa shape index (κ1) is 6.02. The lowest BCUT2D eigenvalue weighted by Gasteiger charge is -2.29. The van der Waals surface area contributed by atoms with Crippen LogP contribution in [0.1, 0.15) is 0 Å². The van der Waals surface area contributed by atoms with Gasteiger partial charge < -0.3 is 9.53 Å². The summed E-state index contributed by atoms with van der Waals surface area (Å²) in [5.41, 5.74) is -2.11. The van der Waals surface area contributed by atoms with Crippen molar-refractivity contribution in [2.45, 2.75) is 0 Å². The second kappa shape index (κ2) is 1.31. The molecule has 6 nitrogen and oxygen atoms in total.